The predicted molar refractivity (Wildman–Crippen MR) is 75.5 cm³/mol. The van der Waals surface area contributed by atoms with Gasteiger partial charge in [-0.1, -0.05) is 62.5 Å². The lowest BCUT2D eigenvalue weighted by Crippen LogP contribution is -1.80. The second-order valence-electron chi connectivity index (χ2n) is 3.31. The summed E-state index contributed by atoms with van der Waals surface area (Å²) >= 11 is 0. The topological polar surface area (TPSA) is 0 Å². The van der Waals surface area contributed by atoms with Crippen molar-refractivity contribution in [3.63, 3.8) is 0 Å². The second-order valence-corrected chi connectivity index (χ2v) is 3.31. The highest BCUT2D eigenvalue weighted by molar-refractivity contribution is 5.39. The summed E-state index contributed by atoms with van der Waals surface area (Å²) in [6.45, 7) is 8.10. The second kappa shape index (κ2) is 10.2. The number of rotatable bonds is 3. The van der Waals surface area contributed by atoms with Crippen molar-refractivity contribution in [3.8, 4) is 0 Å². The van der Waals surface area contributed by atoms with E-state index in [4.69, 9.17) is 0 Å². The summed E-state index contributed by atoms with van der Waals surface area (Å²) in [6, 6.07) is 0. The summed E-state index contributed by atoms with van der Waals surface area (Å²) in [4.78, 5) is 0. The van der Waals surface area contributed by atoms with Gasteiger partial charge in [0.15, 0.2) is 0 Å². The summed E-state index contributed by atoms with van der Waals surface area (Å²) in [6.07, 6.45) is 19.7. The van der Waals surface area contributed by atoms with Crippen LogP contribution in [0.1, 0.15) is 40.5 Å². The van der Waals surface area contributed by atoms with E-state index in [2.05, 4.69) is 55.5 Å². The van der Waals surface area contributed by atoms with E-state index in [-0.39, 0.29) is 0 Å². The van der Waals surface area contributed by atoms with Gasteiger partial charge in [0.2, 0.25) is 0 Å². The maximum atomic E-state index is 2.28. The van der Waals surface area contributed by atoms with Gasteiger partial charge in [0.05, 0.1) is 0 Å². The molecule has 0 amide bonds. The molecule has 0 nitrogen and oxygen atoms in total. The molecule has 88 valence electrons. The fraction of sp³-hybridized carbons (Fsp3) is 0.375. The lowest BCUT2D eigenvalue weighted by atomic mass is 10.1. The number of hydrogen-bond acceptors (Lipinski definition) is 0. The first-order chi connectivity index (χ1) is 7.86. The zero-order chi connectivity index (χ0) is 12.2. The summed E-state index contributed by atoms with van der Waals surface area (Å²) < 4.78 is 0. The predicted octanol–water partition coefficient (Wildman–Crippen LogP) is 5.37. The van der Waals surface area contributed by atoms with Gasteiger partial charge in [0.25, 0.3) is 0 Å². The molecule has 0 saturated heterocycles. The molecular weight excluding hydrogens is 192 g/mol. The van der Waals surface area contributed by atoms with E-state index >= 15 is 0 Å². The van der Waals surface area contributed by atoms with Gasteiger partial charge in [0, 0.05) is 0 Å². The molecule has 0 atom stereocenters. The summed E-state index contributed by atoms with van der Waals surface area (Å²) in [5, 5.41) is 0. The Balaban J connectivity index is 0.00000106. The Morgan fingerprint density at radius 1 is 1.12 bits per heavy atom. The van der Waals surface area contributed by atoms with Crippen molar-refractivity contribution in [2.75, 3.05) is 0 Å². The molecular formula is C16H24. The van der Waals surface area contributed by atoms with Crippen LogP contribution in [0.4, 0.5) is 0 Å². The van der Waals surface area contributed by atoms with Crippen LogP contribution in [0.5, 0.6) is 0 Å². The molecule has 0 N–H and O–H groups in total. The minimum atomic E-state index is 1.17. The monoisotopic (exact) mass is 216 g/mol. The van der Waals surface area contributed by atoms with Gasteiger partial charge in [-0.05, 0) is 37.8 Å². The molecule has 0 aromatic rings. The molecule has 0 unspecified atom stereocenters. The normalized spacial score (nSPS) is 16.2. The first-order valence-electron chi connectivity index (χ1n) is 6.20. The van der Waals surface area contributed by atoms with Crippen molar-refractivity contribution in [1.82, 2.24) is 0 Å². The minimum Gasteiger partial charge on any atom is -0.0871 e. The van der Waals surface area contributed by atoms with Gasteiger partial charge < -0.3 is 0 Å². The van der Waals surface area contributed by atoms with Crippen LogP contribution in [0, 0.1) is 0 Å². The Kier molecular flexibility index (Phi) is 9.39. The first-order valence-corrected chi connectivity index (χ1v) is 6.20. The minimum absolute atomic E-state index is 1.17. The van der Waals surface area contributed by atoms with E-state index in [0.29, 0.717) is 0 Å². The molecule has 0 heterocycles. The van der Waals surface area contributed by atoms with Crippen molar-refractivity contribution in [1.29, 1.82) is 0 Å². The van der Waals surface area contributed by atoms with E-state index in [1.54, 1.807) is 0 Å². The molecule has 0 aliphatic heterocycles. The molecule has 0 fully saturated rings. The highest BCUT2D eigenvalue weighted by Gasteiger charge is 1.91. The van der Waals surface area contributed by atoms with Gasteiger partial charge in [-0.3, -0.25) is 0 Å². The fourth-order valence-electron chi connectivity index (χ4n) is 1.39. The fourth-order valence-corrected chi connectivity index (χ4v) is 1.39. The van der Waals surface area contributed by atoms with Gasteiger partial charge in [-0.2, -0.15) is 0 Å². The van der Waals surface area contributed by atoms with Crippen molar-refractivity contribution in [3.05, 3.63) is 59.8 Å². The lowest BCUT2D eigenvalue weighted by molar-refractivity contribution is 1.02. The van der Waals surface area contributed by atoms with Crippen LogP contribution in [0.3, 0.4) is 0 Å². The Morgan fingerprint density at radius 2 is 1.88 bits per heavy atom. The van der Waals surface area contributed by atoms with E-state index in [9.17, 15) is 0 Å². The van der Waals surface area contributed by atoms with Crippen molar-refractivity contribution in [2.24, 2.45) is 0 Å². The molecule has 0 bridgehead atoms. The van der Waals surface area contributed by atoms with Crippen molar-refractivity contribution < 1.29 is 0 Å². The van der Waals surface area contributed by atoms with E-state index in [0.717, 1.165) is 0 Å². The first kappa shape index (κ1) is 14.7. The summed E-state index contributed by atoms with van der Waals surface area (Å²) in [5.41, 5.74) is 2.58. The van der Waals surface area contributed by atoms with Crippen LogP contribution in [0.25, 0.3) is 0 Å². The number of hydrogen-bond donors (Lipinski definition) is 0. The highest BCUT2D eigenvalue weighted by atomic mass is 14.0. The van der Waals surface area contributed by atoms with E-state index < -0.39 is 0 Å². The molecule has 0 saturated carbocycles. The molecule has 1 rings (SSSR count). The van der Waals surface area contributed by atoms with Gasteiger partial charge in [-0.25, -0.2) is 0 Å². The van der Waals surface area contributed by atoms with Crippen molar-refractivity contribution >= 4 is 0 Å². The quantitative estimate of drug-likeness (QED) is 0.556. The Bertz CT molecular complexity index is 303. The molecule has 0 aromatic heterocycles. The standard InChI is InChI=1S/C14H18.C2H6/c1-3-8-13(4-2)11-12-14-9-6-5-7-10-14;1-2/h3-4,6,8-12H,5,7H2,1-2H3;1-2H3/b8-3-,12-11+,13-4+;. The molecule has 0 radical (unpaired) electrons. The Hall–Kier alpha value is -1.30. The van der Waals surface area contributed by atoms with Crippen LogP contribution >= 0.6 is 0 Å². The highest BCUT2D eigenvalue weighted by Crippen LogP contribution is 2.12. The smallest absolute Gasteiger partial charge is 0.0299 e. The van der Waals surface area contributed by atoms with Crippen LogP contribution in [-0.2, 0) is 0 Å². The van der Waals surface area contributed by atoms with Crippen LogP contribution < -0.4 is 0 Å². The number of allylic oxidation sites excluding steroid dienone is 10. The molecule has 0 aromatic carbocycles. The zero-order valence-electron chi connectivity index (χ0n) is 11.0. The van der Waals surface area contributed by atoms with Crippen LogP contribution in [0.2, 0.25) is 0 Å². The van der Waals surface area contributed by atoms with Crippen LogP contribution in [-0.4, -0.2) is 0 Å². The SMILES string of the molecule is CC.C\C=C/C(/C=C/C1=CCCC=C1)=C\C. The summed E-state index contributed by atoms with van der Waals surface area (Å²) in [5.74, 6) is 0. The molecule has 16 heavy (non-hydrogen) atoms. The average Bonchev–Trinajstić information content (AvgIpc) is 2.38. The molecule has 0 spiro atoms. The van der Waals surface area contributed by atoms with Gasteiger partial charge in [0.1, 0.15) is 0 Å². The molecule has 0 heteroatoms. The van der Waals surface area contributed by atoms with E-state index in [1.807, 2.05) is 20.8 Å². The largest absolute Gasteiger partial charge is 0.0871 e. The van der Waals surface area contributed by atoms with Crippen molar-refractivity contribution in [2.45, 2.75) is 40.5 Å². The van der Waals surface area contributed by atoms with Crippen LogP contribution in [0.15, 0.2) is 59.8 Å². The molecule has 1 aliphatic carbocycles. The van der Waals surface area contributed by atoms with Gasteiger partial charge >= 0.3 is 0 Å². The lowest BCUT2D eigenvalue weighted by Gasteiger charge is -2.00. The third-order valence-corrected chi connectivity index (χ3v) is 2.18. The summed E-state index contributed by atoms with van der Waals surface area (Å²) in [7, 11) is 0. The maximum absolute atomic E-state index is 2.28. The third-order valence-electron chi connectivity index (χ3n) is 2.18. The zero-order valence-corrected chi connectivity index (χ0v) is 11.0. The van der Waals surface area contributed by atoms with Gasteiger partial charge in [-0.15, -0.1) is 0 Å². The Morgan fingerprint density at radius 3 is 2.38 bits per heavy atom. The maximum Gasteiger partial charge on any atom is -0.0299 e. The Labute approximate surface area is 101 Å². The average molecular weight is 216 g/mol. The molecule has 1 aliphatic rings. The third kappa shape index (κ3) is 6.23. The van der Waals surface area contributed by atoms with E-state index in [1.165, 1.54) is 24.0 Å².